The summed E-state index contributed by atoms with van der Waals surface area (Å²) in [6, 6.07) is 1.30. The van der Waals surface area contributed by atoms with Crippen molar-refractivity contribution in [3.05, 3.63) is 11.4 Å². The summed E-state index contributed by atoms with van der Waals surface area (Å²) >= 11 is 6.44. The number of ether oxygens (including phenoxy) is 6. The van der Waals surface area contributed by atoms with Gasteiger partial charge in [0.15, 0.2) is 8.38 Å². The molecule has 2 fully saturated rings. The molecule has 0 aromatic rings. The Morgan fingerprint density at radius 1 is 0.904 bits per heavy atom. The lowest BCUT2D eigenvalue weighted by molar-refractivity contribution is -0.104. The van der Waals surface area contributed by atoms with Gasteiger partial charge in [-0.25, -0.2) is 6.57 Å². The Hall–Kier alpha value is -0.300. The molecular weight excluding hydrogens is 725 g/mol. The van der Waals surface area contributed by atoms with E-state index in [1.54, 1.807) is 14.2 Å². The van der Waals surface area contributed by atoms with E-state index < -0.39 is 39.0 Å². The summed E-state index contributed by atoms with van der Waals surface area (Å²) in [6.45, 7) is 29.2. The first-order valence-corrected chi connectivity index (χ1v) is 22.8. The fourth-order valence-corrected chi connectivity index (χ4v) is 9.04. The summed E-state index contributed by atoms with van der Waals surface area (Å²) in [5.41, 5.74) is 0.380. The van der Waals surface area contributed by atoms with Crippen LogP contribution in [0.1, 0.15) is 88.5 Å². The topological polar surface area (TPSA) is 135 Å². The minimum atomic E-state index is -1.74. The molecule has 14 atom stereocenters. The fourth-order valence-electron chi connectivity index (χ4n) is 5.18. The predicted molar refractivity (Wildman–Crippen MR) is 213 cm³/mol. The number of aliphatic hydroxyl groups excluding tert-OH is 1. The zero-order chi connectivity index (χ0) is 40.2. The Labute approximate surface area is 324 Å². The van der Waals surface area contributed by atoms with Crippen LogP contribution in [0.3, 0.4) is 0 Å². The number of methoxy groups -OCH3 is 2. The third-order valence-corrected chi connectivity index (χ3v) is 15.1. The third-order valence-electron chi connectivity index (χ3n) is 8.83. The van der Waals surface area contributed by atoms with Crippen LogP contribution in [0.2, 0.25) is 0 Å². The Kier molecular flexibility index (Phi) is 27.2. The molecule has 4 radical (unpaired) electrons. The van der Waals surface area contributed by atoms with Crippen LogP contribution in [0.5, 0.6) is 0 Å². The molecule has 1 N–H and O–H groups in total. The lowest BCUT2D eigenvalue weighted by atomic mass is 9.92. The van der Waals surface area contributed by atoms with E-state index in [2.05, 4.69) is 29.5 Å². The van der Waals surface area contributed by atoms with Crippen LogP contribution < -0.4 is 0 Å². The SMILES string of the molecule is CC(C)N=P(Cl)(CCC#N)C(C)C.[B][C@@H]1O[C@H](CC)C(O)[C@@H]1O[C@H](C)[C@H](C)OC.[B][C@@H]1O[C@H](CC)C(OP(C)OCC[N+]#[C-])[C@@H]1O[C@H](C)[C@H](C)OC. The minimum absolute atomic E-state index is 0.0416. The molecule has 2 saturated heterocycles. The van der Waals surface area contributed by atoms with E-state index in [1.807, 2.05) is 62.1 Å². The maximum absolute atomic E-state index is 9.95. The molecule has 0 amide bonds. The molecule has 2 rings (SSSR count). The number of aliphatic hydroxyl groups is 1. The zero-order valence-corrected chi connectivity index (χ0v) is 36.4. The number of nitrogens with zero attached hydrogens (tertiary/aromatic N) is 3. The second-order valence-electron chi connectivity index (χ2n) is 13.5. The number of hydrogen-bond donors (Lipinski definition) is 1. The van der Waals surface area contributed by atoms with E-state index in [9.17, 15) is 5.11 Å². The molecular formula is C35H66B2ClN3O9P2. The van der Waals surface area contributed by atoms with E-state index in [0.717, 1.165) is 19.0 Å². The van der Waals surface area contributed by atoms with Gasteiger partial charge >= 0.3 is 0 Å². The van der Waals surface area contributed by atoms with E-state index in [-0.39, 0.29) is 54.9 Å². The second-order valence-corrected chi connectivity index (χ2v) is 19.8. The first kappa shape index (κ1) is 51.7. The molecule has 0 saturated carbocycles. The van der Waals surface area contributed by atoms with Crippen molar-refractivity contribution in [1.29, 1.82) is 5.26 Å². The summed E-state index contributed by atoms with van der Waals surface area (Å²) < 4.78 is 49.5. The smallest absolute Gasteiger partial charge is 0.238 e. The maximum atomic E-state index is 9.95. The van der Waals surface area contributed by atoms with Crippen molar-refractivity contribution >= 4 is 41.7 Å². The van der Waals surface area contributed by atoms with Crippen molar-refractivity contribution in [3.63, 3.8) is 0 Å². The summed E-state index contributed by atoms with van der Waals surface area (Å²) in [5, 5.41) is 18.5. The van der Waals surface area contributed by atoms with Gasteiger partial charge in [0.25, 0.3) is 0 Å². The van der Waals surface area contributed by atoms with Gasteiger partial charge in [-0.1, -0.05) is 38.9 Å². The van der Waals surface area contributed by atoms with Crippen molar-refractivity contribution in [1.82, 2.24) is 0 Å². The highest BCUT2D eigenvalue weighted by atomic mass is 35.7. The van der Waals surface area contributed by atoms with Crippen molar-refractivity contribution in [2.24, 2.45) is 4.74 Å². The Balaban J connectivity index is 0.000000788. The van der Waals surface area contributed by atoms with E-state index in [4.69, 9.17) is 76.2 Å². The average molecular weight is 792 g/mol. The monoisotopic (exact) mass is 791 g/mol. The molecule has 2 aliphatic heterocycles. The van der Waals surface area contributed by atoms with Gasteiger partial charge < -0.3 is 47.4 Å². The highest BCUT2D eigenvalue weighted by molar-refractivity contribution is 7.91. The van der Waals surface area contributed by atoms with Crippen LogP contribution in [-0.4, -0.2) is 146 Å². The molecule has 0 bridgehead atoms. The zero-order valence-electron chi connectivity index (χ0n) is 33.8. The van der Waals surface area contributed by atoms with Gasteiger partial charge in [-0.3, -0.25) is 4.74 Å². The number of nitriles is 1. The molecule has 298 valence electrons. The van der Waals surface area contributed by atoms with Crippen LogP contribution in [0, 0.1) is 17.9 Å². The molecule has 0 aromatic heterocycles. The summed E-state index contributed by atoms with van der Waals surface area (Å²) in [6.07, 6.45) is -1.48. The Morgan fingerprint density at radius 3 is 1.83 bits per heavy atom. The molecule has 4 unspecified atom stereocenters. The first-order valence-electron chi connectivity index (χ1n) is 18.3. The van der Waals surface area contributed by atoms with Crippen LogP contribution in [0.15, 0.2) is 4.74 Å². The summed E-state index contributed by atoms with van der Waals surface area (Å²) in [7, 11) is 14.0. The van der Waals surface area contributed by atoms with Crippen LogP contribution in [0.4, 0.5) is 0 Å². The quantitative estimate of drug-likeness (QED) is 0.0638. The molecule has 0 spiro atoms. The van der Waals surface area contributed by atoms with Crippen LogP contribution in [0.25, 0.3) is 4.85 Å². The lowest BCUT2D eigenvalue weighted by Gasteiger charge is -2.30. The van der Waals surface area contributed by atoms with Crippen molar-refractivity contribution in [2.45, 2.75) is 173 Å². The van der Waals surface area contributed by atoms with Gasteiger partial charge in [0.05, 0.1) is 49.1 Å². The Morgan fingerprint density at radius 2 is 1.40 bits per heavy atom. The molecule has 2 heterocycles. The van der Waals surface area contributed by atoms with Crippen LogP contribution >= 0.6 is 26.0 Å². The second kappa shape index (κ2) is 27.3. The van der Waals surface area contributed by atoms with Crippen molar-refractivity contribution in [2.75, 3.05) is 40.2 Å². The highest BCUT2D eigenvalue weighted by Crippen LogP contribution is 2.60. The van der Waals surface area contributed by atoms with Gasteiger partial charge in [-0.05, 0) is 54.4 Å². The van der Waals surface area contributed by atoms with Crippen molar-refractivity contribution in [3.8, 4) is 6.07 Å². The van der Waals surface area contributed by atoms with Gasteiger partial charge in [-0.2, -0.15) is 5.26 Å². The molecule has 17 heteroatoms. The number of hydrogen-bond acceptors (Lipinski definition) is 11. The van der Waals surface area contributed by atoms with Gasteiger partial charge in [-0.15, -0.1) is 0 Å². The number of halogens is 1. The molecule has 52 heavy (non-hydrogen) atoms. The minimum Gasteiger partial charge on any atom is -0.388 e. The van der Waals surface area contributed by atoms with Gasteiger partial charge in [0.1, 0.15) is 46.7 Å². The van der Waals surface area contributed by atoms with Crippen LogP contribution in [-0.2, 0) is 37.5 Å². The first-order chi connectivity index (χ1) is 24.4. The van der Waals surface area contributed by atoms with E-state index in [1.165, 1.54) is 0 Å². The highest BCUT2D eigenvalue weighted by Gasteiger charge is 2.45. The summed E-state index contributed by atoms with van der Waals surface area (Å²) in [5.74, 6) is 0. The van der Waals surface area contributed by atoms with Crippen molar-refractivity contribution < 1.29 is 42.6 Å². The van der Waals surface area contributed by atoms with E-state index in [0.29, 0.717) is 25.2 Å². The summed E-state index contributed by atoms with van der Waals surface area (Å²) in [4.78, 5) is 3.26. The lowest BCUT2D eigenvalue weighted by Crippen LogP contribution is -2.41. The molecule has 0 aromatic carbocycles. The van der Waals surface area contributed by atoms with E-state index >= 15 is 0 Å². The average Bonchev–Trinajstić information content (AvgIpc) is 3.55. The largest absolute Gasteiger partial charge is 0.388 e. The standard InChI is InChI=1S/C15H27BNO5P.C11H21BO4.C9H18ClN2P/c1-7-12-13(22-23(6)19-9-8-17-4)14(15(16)21-12)20-11(3)10(2)18-5;1-5-8-9(13)10(11(12)16-8)15-7(3)6(2)14-4;1-8(2)12-13(10,9(3)4)7-5-6-11/h10-15H,7-9H2,1-3,5-6H3;6-11,13H,5H2,1-4H3;8-9H,5,7H2,1-4H3/t10-,11+,12+,13?,14-,15+,23?;6-,7+,8+,9?,10-,11+;/m00./s1. The molecule has 0 aliphatic carbocycles. The normalized spacial score (nSPS) is 29.7. The third kappa shape index (κ3) is 18.1. The van der Waals surface area contributed by atoms with Gasteiger partial charge in [0.2, 0.25) is 6.54 Å². The Bertz CT molecular complexity index is 1110. The predicted octanol–water partition coefficient (Wildman–Crippen LogP) is 6.89. The number of rotatable bonds is 19. The maximum Gasteiger partial charge on any atom is 0.238 e. The fraction of sp³-hybridized carbons (Fsp3) is 0.943. The molecule has 12 nitrogen and oxygen atoms in total. The molecule has 2 aliphatic rings. The van der Waals surface area contributed by atoms with Gasteiger partial charge in [0, 0.05) is 57.2 Å².